The predicted molar refractivity (Wildman–Crippen MR) is 46.8 cm³/mol. The molecule has 0 atom stereocenters. The van der Waals surface area contributed by atoms with Crippen LogP contribution in [0.1, 0.15) is 32.6 Å². The minimum absolute atomic E-state index is 0.507. The van der Waals surface area contributed by atoms with E-state index in [1.54, 1.807) is 7.11 Å². The van der Waals surface area contributed by atoms with E-state index in [1.165, 1.54) is 25.7 Å². The fourth-order valence-corrected chi connectivity index (χ4v) is 1.13. The molecule has 66 valence electrons. The van der Waals surface area contributed by atoms with Crippen LogP contribution in [0.15, 0.2) is 0 Å². The van der Waals surface area contributed by atoms with Crippen LogP contribution in [0.2, 0.25) is 0 Å². The van der Waals surface area contributed by atoms with Crippen LogP contribution in [0, 0.1) is 0 Å². The molecule has 0 unspecified atom stereocenters. The largest absolute Gasteiger partial charge is 0.385 e. The lowest BCUT2D eigenvalue weighted by molar-refractivity contribution is 0.192. The Kier molecular flexibility index (Phi) is 3.34. The van der Waals surface area contributed by atoms with Crippen molar-refractivity contribution >= 4 is 0 Å². The third-order valence-corrected chi connectivity index (χ3v) is 2.33. The van der Waals surface area contributed by atoms with E-state index in [4.69, 9.17) is 4.74 Å². The van der Waals surface area contributed by atoms with Crippen molar-refractivity contribution in [2.75, 3.05) is 20.3 Å². The lowest BCUT2D eigenvalue weighted by atomic mass is 10.3. The number of ether oxygens (including phenoxy) is 1. The van der Waals surface area contributed by atoms with Crippen molar-refractivity contribution in [1.82, 2.24) is 5.32 Å². The lowest BCUT2D eigenvalue weighted by Gasteiger charge is -2.10. The van der Waals surface area contributed by atoms with Gasteiger partial charge in [-0.05, 0) is 39.2 Å². The minimum atomic E-state index is 0.507. The van der Waals surface area contributed by atoms with Gasteiger partial charge < -0.3 is 10.1 Å². The summed E-state index contributed by atoms with van der Waals surface area (Å²) in [5, 5.41) is 3.54. The fourth-order valence-electron chi connectivity index (χ4n) is 1.13. The zero-order valence-electron chi connectivity index (χ0n) is 7.65. The zero-order valence-corrected chi connectivity index (χ0v) is 7.65. The van der Waals surface area contributed by atoms with E-state index in [1.807, 2.05) is 0 Å². The van der Waals surface area contributed by atoms with E-state index in [9.17, 15) is 0 Å². The first-order chi connectivity index (χ1) is 5.27. The molecule has 0 aliphatic heterocycles. The summed E-state index contributed by atoms with van der Waals surface area (Å²) in [7, 11) is 1.76. The Balaban J connectivity index is 1.81. The highest BCUT2D eigenvalue weighted by Gasteiger charge is 2.35. The molecule has 1 saturated carbocycles. The van der Waals surface area contributed by atoms with Gasteiger partial charge in [0, 0.05) is 19.3 Å². The molecular formula is C9H19NO. The Morgan fingerprint density at radius 3 is 2.64 bits per heavy atom. The van der Waals surface area contributed by atoms with Gasteiger partial charge in [-0.1, -0.05) is 0 Å². The third kappa shape index (κ3) is 3.73. The van der Waals surface area contributed by atoms with Crippen molar-refractivity contribution in [3.63, 3.8) is 0 Å². The Morgan fingerprint density at radius 1 is 1.36 bits per heavy atom. The predicted octanol–water partition coefficient (Wildman–Crippen LogP) is 1.56. The van der Waals surface area contributed by atoms with E-state index in [0.29, 0.717) is 5.54 Å². The molecule has 0 amide bonds. The summed E-state index contributed by atoms with van der Waals surface area (Å²) in [5.74, 6) is 0. The number of hydrogen-bond acceptors (Lipinski definition) is 2. The number of hydrogen-bond donors (Lipinski definition) is 1. The molecule has 1 N–H and O–H groups in total. The van der Waals surface area contributed by atoms with Crippen molar-refractivity contribution < 1.29 is 4.74 Å². The molecule has 0 spiro atoms. The molecule has 2 heteroatoms. The Bertz CT molecular complexity index is 110. The zero-order chi connectivity index (χ0) is 8.16. The van der Waals surface area contributed by atoms with Crippen LogP contribution in [0.3, 0.4) is 0 Å². The standard InChI is InChI=1S/C9H19NO/c1-9(5-6-9)10-7-3-4-8-11-2/h10H,3-8H2,1-2H3. The summed E-state index contributed by atoms with van der Waals surface area (Å²) in [6.07, 6.45) is 5.14. The molecule has 0 aromatic carbocycles. The monoisotopic (exact) mass is 157 g/mol. The Morgan fingerprint density at radius 2 is 2.09 bits per heavy atom. The quantitative estimate of drug-likeness (QED) is 0.591. The molecule has 11 heavy (non-hydrogen) atoms. The second-order valence-corrected chi connectivity index (χ2v) is 3.69. The van der Waals surface area contributed by atoms with Crippen LogP contribution in [0.5, 0.6) is 0 Å². The first-order valence-corrected chi connectivity index (χ1v) is 4.51. The molecule has 0 radical (unpaired) electrons. The molecule has 1 fully saturated rings. The van der Waals surface area contributed by atoms with Crippen LogP contribution >= 0.6 is 0 Å². The first kappa shape index (κ1) is 9.01. The fraction of sp³-hybridized carbons (Fsp3) is 1.00. The SMILES string of the molecule is COCCCCNC1(C)CC1. The number of methoxy groups -OCH3 is 1. The first-order valence-electron chi connectivity index (χ1n) is 4.51. The second kappa shape index (κ2) is 4.07. The lowest BCUT2D eigenvalue weighted by Crippen LogP contribution is -2.28. The van der Waals surface area contributed by atoms with Gasteiger partial charge >= 0.3 is 0 Å². The molecule has 1 rings (SSSR count). The number of rotatable bonds is 6. The van der Waals surface area contributed by atoms with Gasteiger partial charge in [-0.25, -0.2) is 0 Å². The smallest absolute Gasteiger partial charge is 0.0462 e. The summed E-state index contributed by atoms with van der Waals surface area (Å²) in [5.41, 5.74) is 0.507. The van der Waals surface area contributed by atoms with E-state index < -0.39 is 0 Å². The van der Waals surface area contributed by atoms with Gasteiger partial charge in [0.1, 0.15) is 0 Å². The van der Waals surface area contributed by atoms with E-state index in [2.05, 4.69) is 12.2 Å². The van der Waals surface area contributed by atoms with Crippen molar-refractivity contribution in [2.45, 2.75) is 38.1 Å². The maximum Gasteiger partial charge on any atom is 0.0462 e. The highest BCUT2D eigenvalue weighted by Crippen LogP contribution is 2.33. The second-order valence-electron chi connectivity index (χ2n) is 3.69. The highest BCUT2D eigenvalue weighted by molar-refractivity contribution is 4.97. The molecule has 0 heterocycles. The summed E-state index contributed by atoms with van der Waals surface area (Å²) >= 11 is 0. The average Bonchev–Trinajstić information content (AvgIpc) is 2.69. The van der Waals surface area contributed by atoms with Crippen LogP contribution in [-0.2, 0) is 4.74 Å². The topological polar surface area (TPSA) is 21.3 Å². The Hall–Kier alpha value is -0.0800. The van der Waals surface area contributed by atoms with Crippen LogP contribution in [-0.4, -0.2) is 25.8 Å². The molecule has 0 bridgehead atoms. The normalized spacial score (nSPS) is 20.2. The summed E-state index contributed by atoms with van der Waals surface area (Å²) in [6, 6.07) is 0. The maximum absolute atomic E-state index is 4.96. The van der Waals surface area contributed by atoms with E-state index >= 15 is 0 Å². The molecule has 1 aliphatic carbocycles. The van der Waals surface area contributed by atoms with Gasteiger partial charge in [0.05, 0.1) is 0 Å². The van der Waals surface area contributed by atoms with Crippen LogP contribution in [0.25, 0.3) is 0 Å². The number of nitrogens with one attached hydrogen (secondary N) is 1. The van der Waals surface area contributed by atoms with E-state index in [-0.39, 0.29) is 0 Å². The van der Waals surface area contributed by atoms with Crippen LogP contribution < -0.4 is 5.32 Å². The van der Waals surface area contributed by atoms with Crippen molar-refractivity contribution in [1.29, 1.82) is 0 Å². The molecule has 1 aliphatic rings. The maximum atomic E-state index is 4.96. The summed E-state index contributed by atoms with van der Waals surface area (Å²) < 4.78 is 4.96. The van der Waals surface area contributed by atoms with Gasteiger partial charge in [-0.2, -0.15) is 0 Å². The van der Waals surface area contributed by atoms with Crippen molar-refractivity contribution in [3.8, 4) is 0 Å². The van der Waals surface area contributed by atoms with Crippen molar-refractivity contribution in [3.05, 3.63) is 0 Å². The molecule has 0 aromatic rings. The minimum Gasteiger partial charge on any atom is -0.385 e. The van der Waals surface area contributed by atoms with Gasteiger partial charge in [-0.3, -0.25) is 0 Å². The molecular weight excluding hydrogens is 138 g/mol. The van der Waals surface area contributed by atoms with Gasteiger partial charge in [0.2, 0.25) is 0 Å². The van der Waals surface area contributed by atoms with Gasteiger partial charge in [0.15, 0.2) is 0 Å². The van der Waals surface area contributed by atoms with E-state index in [0.717, 1.165) is 13.2 Å². The molecule has 0 aromatic heterocycles. The summed E-state index contributed by atoms with van der Waals surface area (Å²) in [6.45, 7) is 4.35. The number of unbranched alkanes of at least 4 members (excludes halogenated alkanes) is 1. The van der Waals surface area contributed by atoms with Gasteiger partial charge in [0.25, 0.3) is 0 Å². The molecule has 2 nitrogen and oxygen atoms in total. The molecule has 0 saturated heterocycles. The van der Waals surface area contributed by atoms with Crippen LogP contribution in [0.4, 0.5) is 0 Å². The highest BCUT2D eigenvalue weighted by atomic mass is 16.5. The van der Waals surface area contributed by atoms with Crippen molar-refractivity contribution in [2.24, 2.45) is 0 Å². The average molecular weight is 157 g/mol. The Labute approximate surface area is 69.3 Å². The third-order valence-electron chi connectivity index (χ3n) is 2.33. The van der Waals surface area contributed by atoms with Gasteiger partial charge in [-0.15, -0.1) is 0 Å². The summed E-state index contributed by atoms with van der Waals surface area (Å²) in [4.78, 5) is 0.